The molecule has 3 heterocycles. The number of hydrogen-bond donors (Lipinski definition) is 1. The average Bonchev–Trinajstić information content (AvgIpc) is 3.20. The quantitative estimate of drug-likeness (QED) is 0.333. The van der Waals surface area contributed by atoms with Gasteiger partial charge in [0.05, 0.1) is 22.5 Å². The third-order valence-electron chi connectivity index (χ3n) is 7.78. The van der Waals surface area contributed by atoms with E-state index in [1.165, 1.54) is 24.5 Å². The second kappa shape index (κ2) is 12.2. The normalized spacial score (nSPS) is 19.2. The molecule has 1 N–H and O–H groups in total. The minimum Gasteiger partial charge on any atom is -0.367 e. The van der Waals surface area contributed by atoms with Crippen LogP contribution < -0.4 is 15.1 Å². The van der Waals surface area contributed by atoms with Crippen LogP contribution in [0, 0.1) is 11.6 Å². The van der Waals surface area contributed by atoms with Gasteiger partial charge in [-0.3, -0.25) is 19.6 Å². The number of nitrogens with zero attached hydrogens (tertiary/aromatic N) is 6. The molecule has 0 aliphatic carbocycles. The summed E-state index contributed by atoms with van der Waals surface area (Å²) < 4.78 is 70.7. The first-order valence-corrected chi connectivity index (χ1v) is 13.8. The molecule has 13 heteroatoms. The van der Waals surface area contributed by atoms with Crippen molar-refractivity contribution >= 4 is 29.4 Å². The standard InChI is InChI=1S/C31H30F5N7O/c1-18-13-37-8-5-9-43(18)30-38-14-21(15-39-30)24-11-27(28(12-26(24)33)42-16-19(2)41(4)20(3)17-42)40-29(44)23-7-6-22(32)10-25(23)31(34,35)36/h5-15,19-20H,16-17H2,1-4H3,(H,40,44)/t19-,20+. The van der Waals surface area contributed by atoms with Crippen LogP contribution in [0.15, 0.2) is 71.9 Å². The van der Waals surface area contributed by atoms with Crippen LogP contribution in [-0.2, 0) is 6.18 Å². The zero-order valence-electron chi connectivity index (χ0n) is 24.4. The number of aromatic nitrogens is 2. The second-order valence-electron chi connectivity index (χ2n) is 10.8. The fraction of sp³-hybridized carbons (Fsp3) is 0.290. The molecule has 0 unspecified atom stereocenters. The molecule has 1 fully saturated rings. The molecule has 0 saturated carbocycles. The second-order valence-corrected chi connectivity index (χ2v) is 10.8. The molecule has 2 aliphatic rings. The van der Waals surface area contributed by atoms with Gasteiger partial charge in [-0.25, -0.2) is 18.7 Å². The van der Waals surface area contributed by atoms with Gasteiger partial charge < -0.3 is 10.2 Å². The number of halogens is 5. The van der Waals surface area contributed by atoms with E-state index in [-0.39, 0.29) is 35.0 Å². The number of nitrogens with one attached hydrogen (secondary N) is 1. The van der Waals surface area contributed by atoms with Crippen molar-refractivity contribution in [1.82, 2.24) is 14.9 Å². The lowest BCUT2D eigenvalue weighted by Crippen LogP contribution is -2.55. The number of benzene rings is 2. The fourth-order valence-electron chi connectivity index (χ4n) is 5.20. The number of carbonyl (C=O) groups is 1. The lowest BCUT2D eigenvalue weighted by Gasteiger charge is -2.44. The Morgan fingerprint density at radius 2 is 1.70 bits per heavy atom. The number of likely N-dealkylation sites (N-methyl/N-ethyl adjacent to an activating group) is 1. The third-order valence-corrected chi connectivity index (χ3v) is 7.78. The van der Waals surface area contributed by atoms with Crippen LogP contribution in [0.4, 0.5) is 39.3 Å². The highest BCUT2D eigenvalue weighted by Gasteiger charge is 2.36. The van der Waals surface area contributed by atoms with E-state index in [0.29, 0.717) is 24.7 Å². The topological polar surface area (TPSA) is 77.0 Å². The summed E-state index contributed by atoms with van der Waals surface area (Å²) in [4.78, 5) is 31.9. The van der Waals surface area contributed by atoms with Gasteiger partial charge >= 0.3 is 6.18 Å². The summed E-state index contributed by atoms with van der Waals surface area (Å²) in [5, 5.41) is 2.55. The number of piperazine rings is 1. The van der Waals surface area contributed by atoms with E-state index in [1.807, 2.05) is 32.7 Å². The van der Waals surface area contributed by atoms with Crippen molar-refractivity contribution in [2.24, 2.45) is 4.99 Å². The summed E-state index contributed by atoms with van der Waals surface area (Å²) in [5.41, 5.74) is -0.731. The number of carbonyl (C=O) groups excluding carboxylic acids is 1. The van der Waals surface area contributed by atoms with E-state index in [1.54, 1.807) is 29.6 Å². The molecule has 3 aromatic rings. The number of aliphatic imine (C=N–C) groups is 1. The Morgan fingerprint density at radius 3 is 2.36 bits per heavy atom. The van der Waals surface area contributed by atoms with Crippen LogP contribution in [0.2, 0.25) is 0 Å². The molecular weight excluding hydrogens is 581 g/mol. The number of hydrogen-bond acceptors (Lipinski definition) is 7. The summed E-state index contributed by atoms with van der Waals surface area (Å²) in [5.74, 6) is -2.57. The monoisotopic (exact) mass is 611 g/mol. The maximum Gasteiger partial charge on any atom is 0.417 e. The lowest BCUT2D eigenvalue weighted by atomic mass is 10.0. The highest BCUT2D eigenvalue weighted by molar-refractivity contribution is 6.07. The van der Waals surface area contributed by atoms with Crippen molar-refractivity contribution in [3.63, 3.8) is 0 Å². The summed E-state index contributed by atoms with van der Waals surface area (Å²) in [6.07, 6.45) is 4.54. The van der Waals surface area contributed by atoms with E-state index in [0.717, 1.165) is 17.8 Å². The van der Waals surface area contributed by atoms with Crippen molar-refractivity contribution in [3.8, 4) is 11.1 Å². The van der Waals surface area contributed by atoms with Crippen molar-refractivity contribution in [1.29, 1.82) is 0 Å². The highest BCUT2D eigenvalue weighted by atomic mass is 19.4. The summed E-state index contributed by atoms with van der Waals surface area (Å²) in [6, 6.07) is 4.58. The lowest BCUT2D eigenvalue weighted by molar-refractivity contribution is -0.138. The molecule has 2 aromatic carbocycles. The van der Waals surface area contributed by atoms with Gasteiger partial charge in [-0.05, 0) is 64.2 Å². The molecule has 2 aliphatic heterocycles. The minimum absolute atomic E-state index is 0.0305. The SMILES string of the molecule is CC1=CN=CC=CN1c1ncc(-c2cc(NC(=O)c3ccc(F)cc3C(F)(F)F)c(N3C[C@@H](C)N(C)[C@@H](C)C3)cc2F)cn1. The Hall–Kier alpha value is -4.65. The van der Waals surface area contributed by atoms with Crippen LogP contribution in [0.1, 0.15) is 36.7 Å². The van der Waals surface area contributed by atoms with Gasteiger partial charge in [-0.15, -0.1) is 0 Å². The van der Waals surface area contributed by atoms with Crippen LogP contribution >= 0.6 is 0 Å². The Balaban J connectivity index is 1.56. The maximum absolute atomic E-state index is 15.8. The van der Waals surface area contributed by atoms with Gasteiger partial charge in [0.1, 0.15) is 11.6 Å². The van der Waals surface area contributed by atoms with Crippen molar-refractivity contribution in [2.75, 3.05) is 35.3 Å². The van der Waals surface area contributed by atoms with Crippen LogP contribution in [0.3, 0.4) is 0 Å². The molecule has 0 radical (unpaired) electrons. The number of amides is 1. The fourth-order valence-corrected chi connectivity index (χ4v) is 5.20. The smallest absolute Gasteiger partial charge is 0.367 e. The van der Waals surface area contributed by atoms with E-state index >= 15 is 4.39 Å². The van der Waals surface area contributed by atoms with Gasteiger partial charge in [-0.1, -0.05) is 0 Å². The summed E-state index contributed by atoms with van der Waals surface area (Å²) >= 11 is 0. The van der Waals surface area contributed by atoms with Gasteiger partial charge in [0, 0.05) is 73.0 Å². The molecule has 1 saturated heterocycles. The molecule has 230 valence electrons. The van der Waals surface area contributed by atoms with E-state index in [4.69, 9.17) is 0 Å². The molecule has 0 spiro atoms. The summed E-state index contributed by atoms with van der Waals surface area (Å²) in [6.45, 7) is 6.78. The van der Waals surface area contributed by atoms with Gasteiger partial charge in [0.15, 0.2) is 0 Å². The molecule has 2 atom stereocenters. The molecule has 44 heavy (non-hydrogen) atoms. The average molecular weight is 612 g/mol. The molecular formula is C31H30F5N7O. The molecule has 1 aromatic heterocycles. The van der Waals surface area contributed by atoms with E-state index in [9.17, 15) is 22.4 Å². The number of alkyl halides is 3. The highest BCUT2D eigenvalue weighted by Crippen LogP contribution is 2.38. The van der Waals surface area contributed by atoms with Gasteiger partial charge in [0.25, 0.3) is 5.91 Å². The first-order chi connectivity index (χ1) is 20.8. The third kappa shape index (κ3) is 6.32. The Labute approximate surface area is 251 Å². The maximum atomic E-state index is 15.8. The van der Waals surface area contributed by atoms with Crippen LogP contribution in [0.5, 0.6) is 0 Å². The Kier molecular flexibility index (Phi) is 8.51. The Bertz CT molecular complexity index is 1640. The summed E-state index contributed by atoms with van der Waals surface area (Å²) in [7, 11) is 1.97. The molecule has 5 rings (SSSR count). The minimum atomic E-state index is -4.98. The van der Waals surface area contributed by atoms with Crippen molar-refractivity contribution < 1.29 is 26.7 Å². The molecule has 0 bridgehead atoms. The zero-order chi connectivity index (χ0) is 31.8. The predicted octanol–water partition coefficient (Wildman–Crippen LogP) is 6.49. The largest absolute Gasteiger partial charge is 0.417 e. The van der Waals surface area contributed by atoms with Crippen molar-refractivity contribution in [3.05, 3.63) is 89.7 Å². The zero-order valence-corrected chi connectivity index (χ0v) is 24.4. The molecule has 1 amide bonds. The van der Waals surface area contributed by atoms with E-state index < -0.39 is 34.8 Å². The Morgan fingerprint density at radius 1 is 1.02 bits per heavy atom. The van der Waals surface area contributed by atoms with Gasteiger partial charge in [0.2, 0.25) is 5.95 Å². The first kappa shape index (κ1) is 30.8. The van der Waals surface area contributed by atoms with Crippen LogP contribution in [0.25, 0.3) is 11.1 Å². The number of rotatable bonds is 5. The van der Waals surface area contributed by atoms with Crippen molar-refractivity contribution in [2.45, 2.75) is 39.0 Å². The molecule has 8 nitrogen and oxygen atoms in total. The van der Waals surface area contributed by atoms with Gasteiger partial charge in [-0.2, -0.15) is 13.2 Å². The number of allylic oxidation sites excluding steroid dienone is 2. The predicted molar refractivity (Wildman–Crippen MR) is 160 cm³/mol. The number of anilines is 3. The van der Waals surface area contributed by atoms with Crippen LogP contribution in [-0.4, -0.2) is 59.2 Å². The first-order valence-electron chi connectivity index (χ1n) is 13.8. The van der Waals surface area contributed by atoms with E-state index in [2.05, 4.69) is 25.2 Å².